The van der Waals surface area contributed by atoms with Crippen LogP contribution in [0.3, 0.4) is 0 Å². The quantitative estimate of drug-likeness (QED) is 0.123. The first-order valence-corrected chi connectivity index (χ1v) is 23.7. The molecule has 0 unspecified atom stereocenters. The summed E-state index contributed by atoms with van der Waals surface area (Å²) in [6.07, 6.45) is 16.6. The van der Waals surface area contributed by atoms with Gasteiger partial charge in [0, 0.05) is 21.1 Å². The number of benzene rings is 3. The standard InChI is InChI=1S/3C10H14.C9H13N.C8H12S.2C4H10/c1-3-9-5-7-10(4-2)8-6-9;1-3-9-6-5-7-10(4-2)8-9;1-3-9-7-5-6-8-10(9)4-2;1-3-8-6-5-7-9(4-2)10-8;1-3-7-5-6-8(4-2)9-7;2*1-3-4-2/h3*5-8H,3-4H2,1-2H3;5-7H,3-4H2,1-2H3;5-6H,3-4H2,1-2H3;2*3-4H2,1-2H3. The second-order valence-corrected chi connectivity index (χ2v) is 15.2. The Kier molecular flexibility index (Phi) is 38.4. The average molecular weight is 794 g/mol. The predicted molar refractivity (Wildman–Crippen MR) is 263 cm³/mol. The highest BCUT2D eigenvalue weighted by molar-refractivity contribution is 7.11. The van der Waals surface area contributed by atoms with Gasteiger partial charge in [-0.25, -0.2) is 0 Å². The van der Waals surface area contributed by atoms with Gasteiger partial charge in [0.2, 0.25) is 0 Å². The van der Waals surface area contributed by atoms with Crippen LogP contribution < -0.4 is 0 Å². The van der Waals surface area contributed by atoms with Gasteiger partial charge in [-0.05, 0) is 122 Å². The van der Waals surface area contributed by atoms with E-state index in [2.05, 4.69) is 205 Å². The minimum atomic E-state index is 1.04. The molecule has 5 aromatic rings. The molecule has 0 aliphatic heterocycles. The van der Waals surface area contributed by atoms with E-state index in [-0.39, 0.29) is 0 Å². The Morgan fingerprint density at radius 3 is 0.930 bits per heavy atom. The third-order valence-electron chi connectivity index (χ3n) is 9.53. The van der Waals surface area contributed by atoms with Crippen molar-refractivity contribution < 1.29 is 0 Å². The first-order chi connectivity index (χ1) is 27.7. The van der Waals surface area contributed by atoms with Gasteiger partial charge in [-0.3, -0.25) is 4.98 Å². The molecule has 0 amide bonds. The Morgan fingerprint density at radius 2 is 0.667 bits per heavy atom. The molecule has 0 bridgehead atoms. The molecule has 0 N–H and O–H groups in total. The Bertz CT molecular complexity index is 1420. The summed E-state index contributed by atoms with van der Waals surface area (Å²) in [4.78, 5) is 7.42. The van der Waals surface area contributed by atoms with Crippen molar-refractivity contribution in [2.24, 2.45) is 0 Å². The Labute approximate surface area is 359 Å². The maximum atomic E-state index is 4.41. The van der Waals surface area contributed by atoms with Gasteiger partial charge in [0.15, 0.2) is 0 Å². The van der Waals surface area contributed by atoms with Gasteiger partial charge in [0.05, 0.1) is 0 Å². The zero-order chi connectivity index (χ0) is 43.1. The van der Waals surface area contributed by atoms with Gasteiger partial charge >= 0.3 is 0 Å². The van der Waals surface area contributed by atoms with Gasteiger partial charge in [-0.2, -0.15) is 0 Å². The van der Waals surface area contributed by atoms with Crippen molar-refractivity contribution >= 4 is 11.3 Å². The maximum absolute atomic E-state index is 4.41. The molecule has 0 fully saturated rings. The maximum Gasteiger partial charge on any atom is 0.0404 e. The van der Waals surface area contributed by atoms with Gasteiger partial charge in [0.1, 0.15) is 0 Å². The van der Waals surface area contributed by atoms with Crippen molar-refractivity contribution in [3.63, 3.8) is 0 Å². The lowest BCUT2D eigenvalue weighted by molar-refractivity contribution is 0.886. The Balaban J connectivity index is 0. The van der Waals surface area contributed by atoms with E-state index in [9.17, 15) is 0 Å². The Hall–Kier alpha value is -3.49. The molecular formula is C55H87NS. The van der Waals surface area contributed by atoms with Crippen molar-refractivity contribution in [3.8, 4) is 0 Å². The monoisotopic (exact) mass is 794 g/mol. The van der Waals surface area contributed by atoms with E-state index in [0.717, 1.165) is 51.4 Å². The molecule has 0 radical (unpaired) electrons. The molecule has 318 valence electrons. The number of hydrogen-bond acceptors (Lipinski definition) is 2. The predicted octanol–water partition coefficient (Wildman–Crippen LogP) is 17.1. The number of nitrogens with zero attached hydrogens (tertiary/aromatic N) is 1. The van der Waals surface area contributed by atoms with Gasteiger partial charge in [0.25, 0.3) is 0 Å². The van der Waals surface area contributed by atoms with Crippen LogP contribution in [0.2, 0.25) is 0 Å². The van der Waals surface area contributed by atoms with E-state index in [1.165, 1.54) is 93.0 Å². The molecule has 0 aliphatic carbocycles. The van der Waals surface area contributed by atoms with Crippen molar-refractivity contribution in [3.05, 3.63) is 158 Å². The normalized spacial score (nSPS) is 9.51. The smallest absolute Gasteiger partial charge is 0.0404 e. The van der Waals surface area contributed by atoms with Crippen LogP contribution in [0.25, 0.3) is 0 Å². The number of rotatable bonds is 12. The van der Waals surface area contributed by atoms with Gasteiger partial charge in [-0.1, -0.05) is 201 Å². The first kappa shape index (κ1) is 55.6. The second kappa shape index (κ2) is 39.3. The van der Waals surface area contributed by atoms with E-state index >= 15 is 0 Å². The van der Waals surface area contributed by atoms with Crippen molar-refractivity contribution in [2.45, 2.75) is 187 Å². The average Bonchev–Trinajstić information content (AvgIpc) is 3.78. The summed E-state index contributed by atoms with van der Waals surface area (Å²) in [5, 5.41) is 0. The van der Waals surface area contributed by atoms with E-state index in [0.29, 0.717) is 0 Å². The fraction of sp³-hybridized carbons (Fsp3) is 0.509. The molecule has 57 heavy (non-hydrogen) atoms. The third kappa shape index (κ3) is 28.5. The number of unbranched alkanes of at least 4 members (excludes halogenated alkanes) is 2. The van der Waals surface area contributed by atoms with Crippen LogP contribution in [0.4, 0.5) is 0 Å². The number of aromatic nitrogens is 1. The van der Waals surface area contributed by atoms with E-state index in [1.54, 1.807) is 0 Å². The first-order valence-electron chi connectivity index (χ1n) is 22.9. The number of hydrogen-bond donors (Lipinski definition) is 0. The van der Waals surface area contributed by atoms with Crippen molar-refractivity contribution in [1.82, 2.24) is 4.98 Å². The molecule has 0 saturated carbocycles. The van der Waals surface area contributed by atoms with Gasteiger partial charge in [-0.15, -0.1) is 11.3 Å². The van der Waals surface area contributed by atoms with Crippen molar-refractivity contribution in [2.75, 3.05) is 0 Å². The molecule has 2 aromatic heterocycles. The number of pyridine rings is 1. The van der Waals surface area contributed by atoms with Crippen LogP contribution in [0.1, 0.15) is 177 Å². The molecule has 0 atom stereocenters. The van der Waals surface area contributed by atoms with Crippen LogP contribution in [0.15, 0.2) is 103 Å². The summed E-state index contributed by atoms with van der Waals surface area (Å²) in [6, 6.07) is 36.9. The minimum Gasteiger partial charge on any atom is -0.258 e. The summed E-state index contributed by atoms with van der Waals surface area (Å²) in [5.41, 5.74) is 11.1. The van der Waals surface area contributed by atoms with Gasteiger partial charge < -0.3 is 0 Å². The second-order valence-electron chi connectivity index (χ2n) is 13.9. The summed E-state index contributed by atoms with van der Waals surface area (Å²) in [6.45, 7) is 30.5. The molecule has 5 rings (SSSR count). The molecule has 2 heteroatoms. The summed E-state index contributed by atoms with van der Waals surface area (Å²) >= 11 is 1.93. The lowest BCUT2D eigenvalue weighted by atomic mass is 10.0. The van der Waals surface area contributed by atoms with E-state index < -0.39 is 0 Å². The van der Waals surface area contributed by atoms with Crippen LogP contribution in [0, 0.1) is 0 Å². The van der Waals surface area contributed by atoms with Crippen LogP contribution in [0.5, 0.6) is 0 Å². The summed E-state index contributed by atoms with van der Waals surface area (Å²) < 4.78 is 0. The minimum absolute atomic E-state index is 1.04. The van der Waals surface area contributed by atoms with Crippen LogP contribution in [-0.4, -0.2) is 4.98 Å². The molecule has 0 spiro atoms. The molecular weight excluding hydrogens is 707 g/mol. The summed E-state index contributed by atoms with van der Waals surface area (Å²) in [5.74, 6) is 0. The topological polar surface area (TPSA) is 12.9 Å². The highest BCUT2D eigenvalue weighted by Crippen LogP contribution is 2.16. The molecule has 1 nitrogen and oxygen atoms in total. The summed E-state index contributed by atoms with van der Waals surface area (Å²) in [7, 11) is 0. The molecule has 2 heterocycles. The fourth-order valence-electron chi connectivity index (χ4n) is 5.05. The Morgan fingerprint density at radius 1 is 0.316 bits per heavy atom. The fourth-order valence-corrected chi connectivity index (χ4v) is 5.95. The largest absolute Gasteiger partial charge is 0.258 e. The van der Waals surface area contributed by atoms with Crippen LogP contribution in [-0.2, 0) is 64.2 Å². The van der Waals surface area contributed by atoms with Crippen LogP contribution >= 0.6 is 11.3 Å². The lowest BCUT2D eigenvalue weighted by Gasteiger charge is -2.02. The van der Waals surface area contributed by atoms with E-state index in [4.69, 9.17) is 0 Å². The highest BCUT2D eigenvalue weighted by atomic mass is 32.1. The third-order valence-corrected chi connectivity index (χ3v) is 10.9. The lowest BCUT2D eigenvalue weighted by Crippen LogP contribution is -1.91. The molecule has 3 aromatic carbocycles. The highest BCUT2D eigenvalue weighted by Gasteiger charge is 1.95. The zero-order valence-corrected chi connectivity index (χ0v) is 40.4. The number of thiophene rings is 1. The SMILES string of the molecule is CCCC.CCCC.CCc1ccc(CC)cc1.CCc1ccc(CC)s1.CCc1cccc(CC)c1.CCc1cccc(CC)n1.CCc1ccccc1CC. The van der Waals surface area contributed by atoms with Crippen molar-refractivity contribution in [1.29, 1.82) is 0 Å². The molecule has 0 saturated heterocycles. The zero-order valence-electron chi connectivity index (χ0n) is 39.6. The van der Waals surface area contributed by atoms with E-state index in [1.807, 2.05) is 11.3 Å². The number of aryl methyl sites for hydroxylation is 10. The molecule has 0 aliphatic rings.